The van der Waals surface area contributed by atoms with E-state index in [9.17, 15) is 4.79 Å². The lowest BCUT2D eigenvalue weighted by molar-refractivity contribution is 0.102. The number of hydrogen-bond donors (Lipinski definition) is 1. The van der Waals surface area contributed by atoms with Crippen LogP contribution in [0, 0.1) is 6.92 Å². The van der Waals surface area contributed by atoms with E-state index in [1.165, 1.54) is 11.3 Å². The summed E-state index contributed by atoms with van der Waals surface area (Å²) in [6.45, 7) is 1.90. The van der Waals surface area contributed by atoms with Crippen molar-refractivity contribution in [2.45, 2.75) is 6.92 Å². The standard InChI is InChI=1S/C14H10BrN3OS2/c1-8-3-2-4-16-12(8)18-13(19)10-7-21-14(17-10)11-5-9(15)6-20-11/h2-7H,1H3,(H,16,18,19). The molecule has 0 aliphatic rings. The molecule has 0 radical (unpaired) electrons. The molecule has 1 amide bonds. The molecule has 0 saturated carbocycles. The van der Waals surface area contributed by atoms with Crippen LogP contribution in [-0.4, -0.2) is 15.9 Å². The summed E-state index contributed by atoms with van der Waals surface area (Å²) in [6.07, 6.45) is 1.65. The van der Waals surface area contributed by atoms with Crippen molar-refractivity contribution in [2.24, 2.45) is 0 Å². The Balaban J connectivity index is 1.80. The van der Waals surface area contributed by atoms with Crippen molar-refractivity contribution < 1.29 is 4.79 Å². The van der Waals surface area contributed by atoms with Crippen molar-refractivity contribution in [2.75, 3.05) is 5.32 Å². The van der Waals surface area contributed by atoms with Crippen LogP contribution in [0.1, 0.15) is 16.1 Å². The second-order valence-corrected chi connectivity index (χ2v) is 6.98. The van der Waals surface area contributed by atoms with Crippen LogP contribution in [0.2, 0.25) is 0 Å². The predicted molar refractivity (Wildman–Crippen MR) is 90.1 cm³/mol. The number of hydrogen-bond acceptors (Lipinski definition) is 5. The molecular weight excluding hydrogens is 370 g/mol. The highest BCUT2D eigenvalue weighted by atomic mass is 79.9. The third-order valence-electron chi connectivity index (χ3n) is 2.76. The Hall–Kier alpha value is -1.57. The lowest BCUT2D eigenvalue weighted by atomic mass is 10.3. The summed E-state index contributed by atoms with van der Waals surface area (Å²) < 4.78 is 1.02. The molecule has 3 heterocycles. The van der Waals surface area contributed by atoms with E-state index in [1.807, 2.05) is 30.5 Å². The molecule has 0 fully saturated rings. The Bertz CT molecular complexity index is 797. The Morgan fingerprint density at radius 3 is 2.90 bits per heavy atom. The molecule has 0 atom stereocenters. The molecule has 1 N–H and O–H groups in total. The van der Waals surface area contributed by atoms with Gasteiger partial charge in [0, 0.05) is 21.4 Å². The first-order valence-electron chi connectivity index (χ1n) is 6.06. The van der Waals surface area contributed by atoms with Crippen molar-refractivity contribution >= 4 is 50.3 Å². The Morgan fingerprint density at radius 2 is 2.19 bits per heavy atom. The third-order valence-corrected chi connectivity index (χ3v) is 5.46. The maximum atomic E-state index is 12.2. The van der Waals surface area contributed by atoms with Gasteiger partial charge >= 0.3 is 0 Å². The van der Waals surface area contributed by atoms with Gasteiger partial charge < -0.3 is 5.32 Å². The van der Waals surface area contributed by atoms with Crippen LogP contribution in [0.25, 0.3) is 9.88 Å². The molecule has 3 rings (SSSR count). The minimum Gasteiger partial charge on any atom is -0.305 e. The van der Waals surface area contributed by atoms with Crippen LogP contribution in [0.5, 0.6) is 0 Å². The first-order chi connectivity index (χ1) is 10.1. The molecular formula is C14H10BrN3OS2. The Morgan fingerprint density at radius 1 is 1.33 bits per heavy atom. The maximum absolute atomic E-state index is 12.2. The summed E-state index contributed by atoms with van der Waals surface area (Å²) in [6, 6.07) is 5.73. The molecule has 0 unspecified atom stereocenters. The van der Waals surface area contributed by atoms with E-state index in [0.717, 1.165) is 19.9 Å². The molecule has 0 spiro atoms. The third kappa shape index (κ3) is 3.20. The fourth-order valence-corrected chi connectivity index (χ4v) is 4.01. The summed E-state index contributed by atoms with van der Waals surface area (Å²) in [4.78, 5) is 21.8. The second-order valence-electron chi connectivity index (χ2n) is 4.29. The van der Waals surface area contributed by atoms with Crippen molar-refractivity contribution in [3.05, 3.63) is 50.9 Å². The minimum absolute atomic E-state index is 0.241. The van der Waals surface area contributed by atoms with Crippen LogP contribution in [-0.2, 0) is 0 Å². The number of amides is 1. The number of halogens is 1. The van der Waals surface area contributed by atoms with Crippen molar-refractivity contribution in [3.8, 4) is 9.88 Å². The number of thiophene rings is 1. The topological polar surface area (TPSA) is 54.9 Å². The molecule has 0 aromatic carbocycles. The maximum Gasteiger partial charge on any atom is 0.276 e. The van der Waals surface area contributed by atoms with E-state index in [1.54, 1.807) is 22.9 Å². The van der Waals surface area contributed by atoms with Crippen molar-refractivity contribution in [3.63, 3.8) is 0 Å². The van der Waals surface area contributed by atoms with Crippen molar-refractivity contribution in [1.29, 1.82) is 0 Å². The minimum atomic E-state index is -0.241. The van der Waals surface area contributed by atoms with Gasteiger partial charge in [-0.3, -0.25) is 4.79 Å². The number of rotatable bonds is 3. The number of pyridine rings is 1. The summed E-state index contributed by atoms with van der Waals surface area (Å²) in [5.74, 6) is 0.325. The lowest BCUT2D eigenvalue weighted by Gasteiger charge is -2.04. The van der Waals surface area contributed by atoms with Gasteiger partial charge in [-0.05, 0) is 40.5 Å². The quantitative estimate of drug-likeness (QED) is 0.723. The van der Waals surface area contributed by atoms with Gasteiger partial charge in [0.2, 0.25) is 0 Å². The molecule has 3 aromatic rings. The van der Waals surface area contributed by atoms with E-state index in [2.05, 4.69) is 31.2 Å². The molecule has 0 saturated heterocycles. The largest absolute Gasteiger partial charge is 0.305 e. The number of nitrogens with zero attached hydrogens (tertiary/aromatic N) is 2. The van der Waals surface area contributed by atoms with E-state index in [4.69, 9.17) is 0 Å². The van der Waals surface area contributed by atoms with Gasteiger partial charge in [0.25, 0.3) is 5.91 Å². The molecule has 21 heavy (non-hydrogen) atoms. The SMILES string of the molecule is Cc1cccnc1NC(=O)c1csc(-c2cc(Br)cs2)n1. The summed E-state index contributed by atoms with van der Waals surface area (Å²) in [5, 5.41) is 7.38. The monoisotopic (exact) mass is 379 g/mol. The highest BCUT2D eigenvalue weighted by Gasteiger charge is 2.14. The first kappa shape index (κ1) is 14.4. The predicted octanol–water partition coefficient (Wildman–Crippen LogP) is 4.59. The molecule has 0 bridgehead atoms. The molecule has 0 aliphatic carbocycles. The molecule has 7 heteroatoms. The van der Waals surface area contributed by atoms with E-state index < -0.39 is 0 Å². The van der Waals surface area contributed by atoms with E-state index in [-0.39, 0.29) is 5.91 Å². The fourth-order valence-electron chi connectivity index (χ4n) is 1.70. The van der Waals surface area contributed by atoms with E-state index in [0.29, 0.717) is 11.5 Å². The van der Waals surface area contributed by atoms with Gasteiger partial charge in [-0.15, -0.1) is 22.7 Å². The highest BCUT2D eigenvalue weighted by Crippen LogP contribution is 2.32. The number of aryl methyl sites for hydroxylation is 1. The van der Waals surface area contributed by atoms with Gasteiger partial charge in [-0.25, -0.2) is 9.97 Å². The number of carbonyl (C=O) groups is 1. The molecule has 106 valence electrons. The number of anilines is 1. The van der Waals surface area contributed by atoms with Gasteiger partial charge in [-0.1, -0.05) is 6.07 Å². The van der Waals surface area contributed by atoms with Gasteiger partial charge in [0.1, 0.15) is 16.5 Å². The van der Waals surface area contributed by atoms with Gasteiger partial charge in [0.05, 0.1) is 4.88 Å². The average Bonchev–Trinajstić information content (AvgIpc) is 3.10. The second kappa shape index (κ2) is 6.05. The van der Waals surface area contributed by atoms with Crippen molar-refractivity contribution in [1.82, 2.24) is 9.97 Å². The number of nitrogens with one attached hydrogen (secondary N) is 1. The Kier molecular flexibility index (Phi) is 4.14. The van der Waals surface area contributed by atoms with Crippen LogP contribution >= 0.6 is 38.6 Å². The van der Waals surface area contributed by atoms with Crippen LogP contribution in [0.15, 0.2) is 39.6 Å². The molecule has 3 aromatic heterocycles. The smallest absolute Gasteiger partial charge is 0.276 e. The van der Waals surface area contributed by atoms with E-state index >= 15 is 0 Å². The van der Waals surface area contributed by atoms with Gasteiger partial charge in [0.15, 0.2) is 0 Å². The summed E-state index contributed by atoms with van der Waals surface area (Å²) in [5.41, 5.74) is 1.33. The molecule has 0 aliphatic heterocycles. The number of thiazole rings is 1. The zero-order valence-electron chi connectivity index (χ0n) is 11.0. The van der Waals surface area contributed by atoms with Crippen LogP contribution in [0.3, 0.4) is 0 Å². The molecule has 4 nitrogen and oxygen atoms in total. The number of carbonyl (C=O) groups excluding carboxylic acids is 1. The zero-order valence-corrected chi connectivity index (χ0v) is 14.2. The van der Waals surface area contributed by atoms with Crippen LogP contribution in [0.4, 0.5) is 5.82 Å². The fraction of sp³-hybridized carbons (Fsp3) is 0.0714. The number of aromatic nitrogens is 2. The van der Waals surface area contributed by atoms with Gasteiger partial charge in [-0.2, -0.15) is 0 Å². The normalized spacial score (nSPS) is 10.6. The summed E-state index contributed by atoms with van der Waals surface area (Å²) in [7, 11) is 0. The van der Waals surface area contributed by atoms with Crippen LogP contribution < -0.4 is 5.32 Å². The average molecular weight is 380 g/mol. The zero-order chi connectivity index (χ0) is 14.8. The Labute approximate surface area is 138 Å². The lowest BCUT2D eigenvalue weighted by Crippen LogP contribution is -2.14. The first-order valence-corrected chi connectivity index (χ1v) is 8.61. The summed E-state index contributed by atoms with van der Waals surface area (Å²) >= 11 is 6.46. The highest BCUT2D eigenvalue weighted by molar-refractivity contribution is 9.10.